The van der Waals surface area contributed by atoms with Crippen LogP contribution in [0.5, 0.6) is 5.75 Å². The van der Waals surface area contributed by atoms with Crippen molar-refractivity contribution in [1.82, 2.24) is 19.6 Å². The topological polar surface area (TPSA) is 74.0 Å². The highest BCUT2D eigenvalue weighted by Gasteiger charge is 2.06. The van der Waals surface area contributed by atoms with Gasteiger partial charge in [0.15, 0.2) is 6.73 Å². The van der Waals surface area contributed by atoms with Gasteiger partial charge in [-0.3, -0.25) is 9.48 Å². The van der Waals surface area contributed by atoms with Gasteiger partial charge in [0.2, 0.25) is 5.91 Å². The van der Waals surface area contributed by atoms with Gasteiger partial charge in [-0.1, -0.05) is 19.1 Å². The SMILES string of the molecule is CCc1ccc(OCn2cc(NC(=O)Cn3cc(C)cn3)cn2)cc1. The van der Waals surface area contributed by atoms with Crippen molar-refractivity contribution in [3.63, 3.8) is 0 Å². The summed E-state index contributed by atoms with van der Waals surface area (Å²) in [6.45, 7) is 4.49. The number of ether oxygens (including phenoxy) is 1. The molecule has 7 heteroatoms. The minimum Gasteiger partial charge on any atom is -0.471 e. The van der Waals surface area contributed by atoms with Gasteiger partial charge in [0.1, 0.15) is 12.3 Å². The molecule has 0 saturated heterocycles. The summed E-state index contributed by atoms with van der Waals surface area (Å²) >= 11 is 0. The molecule has 3 aromatic rings. The molecular formula is C18H21N5O2. The lowest BCUT2D eigenvalue weighted by Gasteiger charge is -2.06. The lowest BCUT2D eigenvalue weighted by Crippen LogP contribution is -2.18. The molecule has 1 aromatic carbocycles. The lowest BCUT2D eigenvalue weighted by atomic mass is 10.2. The number of carbonyl (C=O) groups is 1. The lowest BCUT2D eigenvalue weighted by molar-refractivity contribution is -0.116. The van der Waals surface area contributed by atoms with Crippen LogP contribution in [-0.4, -0.2) is 25.5 Å². The summed E-state index contributed by atoms with van der Waals surface area (Å²) in [5.74, 6) is 0.631. The van der Waals surface area contributed by atoms with Crippen molar-refractivity contribution in [2.45, 2.75) is 33.5 Å². The van der Waals surface area contributed by atoms with Crippen molar-refractivity contribution in [2.75, 3.05) is 5.32 Å². The van der Waals surface area contributed by atoms with E-state index < -0.39 is 0 Å². The maximum absolute atomic E-state index is 12.0. The maximum Gasteiger partial charge on any atom is 0.246 e. The number of hydrogen-bond donors (Lipinski definition) is 1. The molecule has 0 unspecified atom stereocenters. The van der Waals surface area contributed by atoms with Crippen LogP contribution in [0, 0.1) is 6.92 Å². The number of rotatable bonds is 7. The number of aromatic nitrogens is 4. The van der Waals surface area contributed by atoms with Gasteiger partial charge >= 0.3 is 0 Å². The van der Waals surface area contributed by atoms with Crippen molar-refractivity contribution in [3.8, 4) is 5.75 Å². The molecule has 1 N–H and O–H groups in total. The number of amides is 1. The molecule has 0 atom stereocenters. The highest BCUT2D eigenvalue weighted by Crippen LogP contribution is 2.13. The van der Waals surface area contributed by atoms with E-state index in [9.17, 15) is 4.79 Å². The summed E-state index contributed by atoms with van der Waals surface area (Å²) < 4.78 is 8.90. The molecule has 2 heterocycles. The summed E-state index contributed by atoms with van der Waals surface area (Å²) in [5.41, 5.74) is 2.91. The summed E-state index contributed by atoms with van der Waals surface area (Å²) in [6, 6.07) is 7.97. The first-order valence-corrected chi connectivity index (χ1v) is 8.15. The minimum atomic E-state index is -0.154. The van der Waals surface area contributed by atoms with Crippen molar-refractivity contribution in [3.05, 3.63) is 60.2 Å². The monoisotopic (exact) mass is 339 g/mol. The summed E-state index contributed by atoms with van der Waals surface area (Å²) in [6.07, 6.45) is 7.86. The average Bonchev–Trinajstić information content (AvgIpc) is 3.22. The third kappa shape index (κ3) is 4.69. The zero-order valence-electron chi connectivity index (χ0n) is 14.3. The van der Waals surface area contributed by atoms with Crippen LogP contribution in [0.25, 0.3) is 0 Å². The molecule has 0 fully saturated rings. The van der Waals surface area contributed by atoms with E-state index in [1.165, 1.54) is 5.56 Å². The average molecular weight is 339 g/mol. The molecule has 3 rings (SSSR count). The van der Waals surface area contributed by atoms with E-state index in [0.717, 1.165) is 17.7 Å². The molecule has 1 amide bonds. The molecule has 2 aromatic heterocycles. The molecule has 0 spiro atoms. The number of aryl methyl sites for hydroxylation is 2. The highest BCUT2D eigenvalue weighted by atomic mass is 16.5. The number of hydrogen-bond acceptors (Lipinski definition) is 4. The quantitative estimate of drug-likeness (QED) is 0.718. The Hall–Kier alpha value is -3.09. The van der Waals surface area contributed by atoms with E-state index in [4.69, 9.17) is 4.74 Å². The fourth-order valence-electron chi connectivity index (χ4n) is 2.36. The second-order valence-electron chi connectivity index (χ2n) is 5.80. The van der Waals surface area contributed by atoms with Crippen molar-refractivity contribution >= 4 is 11.6 Å². The van der Waals surface area contributed by atoms with Crippen LogP contribution < -0.4 is 10.1 Å². The van der Waals surface area contributed by atoms with E-state index in [1.54, 1.807) is 28.0 Å². The second kappa shape index (κ2) is 7.65. The molecular weight excluding hydrogens is 318 g/mol. The predicted octanol–water partition coefficient (Wildman–Crippen LogP) is 2.63. The Morgan fingerprint density at radius 2 is 1.88 bits per heavy atom. The molecule has 0 radical (unpaired) electrons. The van der Waals surface area contributed by atoms with Crippen LogP contribution in [-0.2, 0) is 24.5 Å². The van der Waals surface area contributed by atoms with Crippen LogP contribution in [0.15, 0.2) is 49.1 Å². The molecule has 0 saturated carbocycles. The van der Waals surface area contributed by atoms with Gasteiger partial charge in [0, 0.05) is 6.20 Å². The second-order valence-corrected chi connectivity index (χ2v) is 5.80. The fraction of sp³-hybridized carbons (Fsp3) is 0.278. The summed E-state index contributed by atoms with van der Waals surface area (Å²) in [5, 5.41) is 11.1. The van der Waals surface area contributed by atoms with Crippen LogP contribution in [0.1, 0.15) is 18.1 Å². The standard InChI is InChI=1S/C18H21N5O2/c1-3-15-4-6-17(7-5-15)25-13-23-11-16(9-20-23)21-18(24)12-22-10-14(2)8-19-22/h4-11H,3,12-13H2,1-2H3,(H,21,24). The molecule has 0 aliphatic heterocycles. The van der Waals surface area contributed by atoms with Gasteiger partial charge in [0.25, 0.3) is 0 Å². The Bertz CT molecular complexity index is 835. The van der Waals surface area contributed by atoms with Gasteiger partial charge in [-0.25, -0.2) is 4.68 Å². The first kappa shape index (κ1) is 16.8. The van der Waals surface area contributed by atoms with E-state index in [-0.39, 0.29) is 19.2 Å². The van der Waals surface area contributed by atoms with Crippen LogP contribution >= 0.6 is 0 Å². The number of carbonyl (C=O) groups excluding carboxylic acids is 1. The van der Waals surface area contributed by atoms with Crippen LogP contribution in [0.2, 0.25) is 0 Å². The first-order chi connectivity index (χ1) is 12.1. The minimum absolute atomic E-state index is 0.154. The summed E-state index contributed by atoms with van der Waals surface area (Å²) in [4.78, 5) is 12.0. The molecule has 130 valence electrons. The van der Waals surface area contributed by atoms with Gasteiger partial charge in [-0.05, 0) is 36.6 Å². The smallest absolute Gasteiger partial charge is 0.246 e. The van der Waals surface area contributed by atoms with Crippen molar-refractivity contribution in [1.29, 1.82) is 0 Å². The fourth-order valence-corrected chi connectivity index (χ4v) is 2.36. The van der Waals surface area contributed by atoms with Crippen LogP contribution in [0.3, 0.4) is 0 Å². The van der Waals surface area contributed by atoms with Gasteiger partial charge in [0.05, 0.1) is 24.3 Å². The number of nitrogens with one attached hydrogen (secondary N) is 1. The number of benzene rings is 1. The summed E-state index contributed by atoms with van der Waals surface area (Å²) in [7, 11) is 0. The molecule has 25 heavy (non-hydrogen) atoms. The maximum atomic E-state index is 12.0. The van der Waals surface area contributed by atoms with Crippen LogP contribution in [0.4, 0.5) is 5.69 Å². The van der Waals surface area contributed by atoms with Gasteiger partial charge < -0.3 is 10.1 Å². The third-order valence-corrected chi connectivity index (χ3v) is 3.68. The number of anilines is 1. The molecule has 0 bridgehead atoms. The largest absolute Gasteiger partial charge is 0.471 e. The van der Waals surface area contributed by atoms with E-state index in [2.05, 4.69) is 22.4 Å². The molecule has 0 aliphatic carbocycles. The molecule has 7 nitrogen and oxygen atoms in total. The molecule has 0 aliphatic rings. The van der Waals surface area contributed by atoms with Crippen molar-refractivity contribution in [2.24, 2.45) is 0 Å². The first-order valence-electron chi connectivity index (χ1n) is 8.15. The Morgan fingerprint density at radius 1 is 1.12 bits per heavy atom. The van der Waals surface area contributed by atoms with E-state index in [1.807, 2.05) is 37.4 Å². The Kier molecular flexibility index (Phi) is 5.13. The predicted molar refractivity (Wildman–Crippen MR) is 94.3 cm³/mol. The zero-order valence-corrected chi connectivity index (χ0v) is 14.3. The Labute approximate surface area is 146 Å². The van der Waals surface area contributed by atoms with Gasteiger partial charge in [-0.15, -0.1) is 0 Å². The third-order valence-electron chi connectivity index (χ3n) is 3.68. The van der Waals surface area contributed by atoms with E-state index >= 15 is 0 Å². The zero-order chi connectivity index (χ0) is 17.6. The number of nitrogens with zero attached hydrogens (tertiary/aromatic N) is 4. The Morgan fingerprint density at radius 3 is 2.56 bits per heavy atom. The highest BCUT2D eigenvalue weighted by molar-refractivity contribution is 5.90. The Balaban J connectivity index is 1.50. The van der Waals surface area contributed by atoms with Crippen molar-refractivity contribution < 1.29 is 9.53 Å². The van der Waals surface area contributed by atoms with Gasteiger partial charge in [-0.2, -0.15) is 10.2 Å². The van der Waals surface area contributed by atoms with E-state index in [0.29, 0.717) is 5.69 Å². The normalized spacial score (nSPS) is 10.6.